The second kappa shape index (κ2) is 5.18. The average molecular weight is 257 g/mol. The molecule has 1 atom stereocenters. The van der Waals surface area contributed by atoms with Gasteiger partial charge in [0.25, 0.3) is 0 Å². The molecule has 1 aromatic carbocycles. The Balaban J connectivity index is 2.48. The first kappa shape index (κ1) is 12.6. The van der Waals surface area contributed by atoms with Gasteiger partial charge in [0.2, 0.25) is 0 Å². The Kier molecular flexibility index (Phi) is 3.82. The number of aryl methyl sites for hydroxylation is 1. The third-order valence-corrected chi connectivity index (χ3v) is 3.51. The number of benzene rings is 1. The molecule has 0 aliphatic heterocycles. The molecule has 0 N–H and O–H groups in total. The number of hydrogen-bond donors (Lipinski definition) is 0. The maximum Gasteiger partial charge on any atom is 0.136 e. The number of hydrogen-bond acceptors (Lipinski definition) is 0. The second-order valence-electron chi connectivity index (χ2n) is 4.51. The van der Waals surface area contributed by atoms with Crippen LogP contribution in [0.3, 0.4) is 0 Å². The van der Waals surface area contributed by atoms with Gasteiger partial charge in [0.05, 0.1) is 5.38 Å². The highest BCUT2D eigenvalue weighted by Crippen LogP contribution is 2.32. The molecule has 1 unspecified atom stereocenters. The highest BCUT2D eigenvalue weighted by molar-refractivity contribution is 6.22. The van der Waals surface area contributed by atoms with Gasteiger partial charge in [-0.05, 0) is 43.4 Å². The minimum atomic E-state index is -0.495. The van der Waals surface area contributed by atoms with Crippen LogP contribution in [0.25, 0.3) is 5.57 Å². The van der Waals surface area contributed by atoms with Crippen LogP contribution in [0.2, 0.25) is 0 Å². The third kappa shape index (κ3) is 2.68. The van der Waals surface area contributed by atoms with E-state index in [4.69, 9.17) is 11.6 Å². The fourth-order valence-corrected chi connectivity index (χ4v) is 2.51. The summed E-state index contributed by atoms with van der Waals surface area (Å²) in [4.78, 5) is 0. The van der Waals surface area contributed by atoms with E-state index in [1.807, 2.05) is 0 Å². The van der Waals surface area contributed by atoms with Crippen molar-refractivity contribution < 1.29 is 8.78 Å². The lowest BCUT2D eigenvalue weighted by Gasteiger charge is -2.11. The summed E-state index contributed by atoms with van der Waals surface area (Å²) >= 11 is 6.09. The molecule has 92 valence electrons. The van der Waals surface area contributed by atoms with Crippen LogP contribution in [0.5, 0.6) is 0 Å². The van der Waals surface area contributed by atoms with Gasteiger partial charge in [0, 0.05) is 5.56 Å². The maximum atomic E-state index is 14.0. The molecule has 0 nitrogen and oxygen atoms in total. The van der Waals surface area contributed by atoms with Crippen molar-refractivity contribution in [2.45, 2.75) is 38.0 Å². The Bertz CT molecular complexity index is 452. The number of allylic oxidation sites excluding steroid dienone is 2. The molecule has 0 aromatic heterocycles. The zero-order chi connectivity index (χ0) is 12.4. The lowest BCUT2D eigenvalue weighted by molar-refractivity contribution is 0.569. The normalized spacial score (nSPS) is 20.9. The van der Waals surface area contributed by atoms with E-state index in [0.717, 1.165) is 19.3 Å². The van der Waals surface area contributed by atoms with Crippen LogP contribution in [-0.2, 0) is 0 Å². The van der Waals surface area contributed by atoms with E-state index >= 15 is 0 Å². The van der Waals surface area contributed by atoms with Gasteiger partial charge in [-0.1, -0.05) is 18.6 Å². The van der Waals surface area contributed by atoms with Gasteiger partial charge in [-0.2, -0.15) is 0 Å². The molecule has 2 rings (SSSR count). The standard InChI is InChI=1S/C14H15ClF2/c1-9-6-7-12(16)13(14(9)17)10-4-2-3-5-11(15)8-10/h6-8,11H,2-5H2,1H3. The van der Waals surface area contributed by atoms with Gasteiger partial charge < -0.3 is 0 Å². The van der Waals surface area contributed by atoms with Crippen LogP contribution < -0.4 is 0 Å². The molecule has 1 aromatic rings. The molecule has 3 heteroatoms. The number of rotatable bonds is 1. The Morgan fingerprint density at radius 3 is 2.76 bits per heavy atom. The van der Waals surface area contributed by atoms with Crippen LogP contribution >= 0.6 is 11.6 Å². The molecule has 0 saturated heterocycles. The predicted octanol–water partition coefficient (Wildman–Crippen LogP) is 4.84. The summed E-state index contributed by atoms with van der Waals surface area (Å²) in [7, 11) is 0. The number of halogens is 3. The maximum absolute atomic E-state index is 14.0. The van der Waals surface area contributed by atoms with E-state index in [9.17, 15) is 8.78 Å². The van der Waals surface area contributed by atoms with Gasteiger partial charge in [-0.3, -0.25) is 0 Å². The highest BCUT2D eigenvalue weighted by Gasteiger charge is 2.18. The van der Waals surface area contributed by atoms with Crippen LogP contribution in [-0.4, -0.2) is 5.38 Å². The van der Waals surface area contributed by atoms with Crippen molar-refractivity contribution in [1.82, 2.24) is 0 Å². The predicted molar refractivity (Wildman–Crippen MR) is 67.2 cm³/mol. The number of alkyl halides is 1. The van der Waals surface area contributed by atoms with E-state index in [-0.39, 0.29) is 10.9 Å². The van der Waals surface area contributed by atoms with E-state index < -0.39 is 11.6 Å². The van der Waals surface area contributed by atoms with Crippen molar-refractivity contribution in [1.29, 1.82) is 0 Å². The van der Waals surface area contributed by atoms with E-state index in [0.29, 0.717) is 17.6 Å². The molecule has 0 amide bonds. The lowest BCUT2D eigenvalue weighted by atomic mass is 9.98. The van der Waals surface area contributed by atoms with Gasteiger partial charge in [0.15, 0.2) is 0 Å². The summed E-state index contributed by atoms with van der Waals surface area (Å²) in [6, 6.07) is 2.78. The van der Waals surface area contributed by atoms with Gasteiger partial charge >= 0.3 is 0 Å². The largest absolute Gasteiger partial charge is 0.206 e. The summed E-state index contributed by atoms with van der Waals surface area (Å²) in [6.45, 7) is 1.65. The summed E-state index contributed by atoms with van der Waals surface area (Å²) < 4.78 is 27.7. The van der Waals surface area contributed by atoms with Gasteiger partial charge in [-0.25, -0.2) is 8.78 Å². The zero-order valence-corrected chi connectivity index (χ0v) is 10.5. The van der Waals surface area contributed by atoms with E-state index in [1.54, 1.807) is 13.0 Å². The first-order chi connectivity index (χ1) is 8.09. The Morgan fingerprint density at radius 2 is 2.00 bits per heavy atom. The molecule has 0 saturated carbocycles. The molecule has 0 spiro atoms. The SMILES string of the molecule is Cc1ccc(F)c(C2=CC(Cl)CCCC2)c1F. The van der Waals surface area contributed by atoms with E-state index in [1.165, 1.54) is 12.1 Å². The Labute approximate surface area is 105 Å². The van der Waals surface area contributed by atoms with Crippen LogP contribution in [0.15, 0.2) is 18.2 Å². The van der Waals surface area contributed by atoms with Crippen LogP contribution in [0.1, 0.15) is 36.8 Å². The fraction of sp³-hybridized carbons (Fsp3) is 0.429. The van der Waals surface area contributed by atoms with Crippen molar-refractivity contribution in [2.75, 3.05) is 0 Å². The Hall–Kier alpha value is -0.890. The van der Waals surface area contributed by atoms with Crippen LogP contribution in [0, 0.1) is 18.6 Å². The van der Waals surface area contributed by atoms with Gasteiger partial charge in [0.1, 0.15) is 11.6 Å². The van der Waals surface area contributed by atoms with Crippen molar-refractivity contribution in [3.8, 4) is 0 Å². The summed E-state index contributed by atoms with van der Waals surface area (Å²) in [6.07, 6.45) is 5.31. The summed E-state index contributed by atoms with van der Waals surface area (Å²) in [5.41, 5.74) is 1.29. The molecule has 1 aliphatic carbocycles. The lowest BCUT2D eigenvalue weighted by Crippen LogP contribution is -1.99. The molecule has 0 bridgehead atoms. The first-order valence-electron chi connectivity index (χ1n) is 5.89. The topological polar surface area (TPSA) is 0 Å². The molecule has 0 radical (unpaired) electrons. The molecular formula is C14H15ClF2. The molecule has 0 heterocycles. The van der Waals surface area contributed by atoms with E-state index in [2.05, 4.69) is 0 Å². The monoisotopic (exact) mass is 256 g/mol. The van der Waals surface area contributed by atoms with Crippen molar-refractivity contribution in [3.63, 3.8) is 0 Å². The molecule has 0 fully saturated rings. The van der Waals surface area contributed by atoms with Crippen molar-refractivity contribution in [3.05, 3.63) is 41.0 Å². The quantitative estimate of drug-likeness (QED) is 0.631. The second-order valence-corrected chi connectivity index (χ2v) is 5.07. The van der Waals surface area contributed by atoms with Gasteiger partial charge in [-0.15, -0.1) is 11.6 Å². The first-order valence-corrected chi connectivity index (χ1v) is 6.33. The van der Waals surface area contributed by atoms with Crippen molar-refractivity contribution in [2.24, 2.45) is 0 Å². The molecule has 1 aliphatic rings. The average Bonchev–Trinajstić information content (AvgIpc) is 2.49. The summed E-state index contributed by atoms with van der Waals surface area (Å²) in [5, 5.41) is -0.119. The molecular weight excluding hydrogens is 242 g/mol. The molecule has 17 heavy (non-hydrogen) atoms. The zero-order valence-electron chi connectivity index (χ0n) is 9.77. The fourth-order valence-electron chi connectivity index (χ4n) is 2.20. The highest BCUT2D eigenvalue weighted by atomic mass is 35.5. The third-order valence-electron chi connectivity index (χ3n) is 3.16. The minimum absolute atomic E-state index is 0.109. The Morgan fingerprint density at radius 1 is 1.24 bits per heavy atom. The smallest absolute Gasteiger partial charge is 0.136 e. The van der Waals surface area contributed by atoms with Crippen LogP contribution in [0.4, 0.5) is 8.78 Å². The van der Waals surface area contributed by atoms with Crippen molar-refractivity contribution >= 4 is 17.2 Å². The summed E-state index contributed by atoms with van der Waals surface area (Å²) in [5.74, 6) is -0.952. The minimum Gasteiger partial charge on any atom is -0.206 e.